The van der Waals surface area contributed by atoms with Gasteiger partial charge in [-0.15, -0.1) is 0 Å². The average Bonchev–Trinajstić information content (AvgIpc) is 2.84. The van der Waals surface area contributed by atoms with E-state index in [4.69, 9.17) is 0 Å². The SMILES string of the molecule is Cc1c(NC(=O)CN(C)C)ccc2c1c1ccccc1n2C(C)C. The van der Waals surface area contributed by atoms with Crippen molar-refractivity contribution in [2.45, 2.75) is 26.8 Å². The topological polar surface area (TPSA) is 37.3 Å². The molecule has 1 amide bonds. The molecule has 126 valence electrons. The van der Waals surface area contributed by atoms with Crippen LogP contribution in [0.3, 0.4) is 0 Å². The lowest BCUT2D eigenvalue weighted by molar-refractivity contribution is -0.116. The molecule has 0 unspecified atom stereocenters. The third kappa shape index (κ3) is 2.78. The van der Waals surface area contributed by atoms with Gasteiger partial charge in [0.05, 0.1) is 6.54 Å². The van der Waals surface area contributed by atoms with Crippen molar-refractivity contribution in [1.29, 1.82) is 0 Å². The summed E-state index contributed by atoms with van der Waals surface area (Å²) >= 11 is 0. The number of rotatable bonds is 4. The standard InChI is InChI=1S/C20H25N3O/c1-13(2)23-17-9-7-6-8-15(17)20-14(3)16(10-11-18(20)23)21-19(24)12-22(4)5/h6-11,13H,12H2,1-5H3,(H,21,24). The number of fused-ring (bicyclic) bond motifs is 3. The molecule has 0 aliphatic carbocycles. The van der Waals surface area contributed by atoms with Crippen molar-refractivity contribution < 1.29 is 4.79 Å². The Bertz CT molecular complexity index is 906. The minimum atomic E-state index is 0.00930. The lowest BCUT2D eigenvalue weighted by atomic mass is 10.1. The summed E-state index contributed by atoms with van der Waals surface area (Å²) in [6.07, 6.45) is 0. The number of nitrogens with zero attached hydrogens (tertiary/aromatic N) is 2. The minimum Gasteiger partial charge on any atom is -0.338 e. The molecule has 1 N–H and O–H groups in total. The van der Waals surface area contributed by atoms with E-state index < -0.39 is 0 Å². The van der Waals surface area contributed by atoms with Gasteiger partial charge >= 0.3 is 0 Å². The van der Waals surface area contributed by atoms with E-state index in [2.05, 4.69) is 61.0 Å². The molecule has 4 heteroatoms. The van der Waals surface area contributed by atoms with Crippen molar-refractivity contribution in [2.24, 2.45) is 0 Å². The average molecular weight is 323 g/mol. The predicted octanol–water partition coefficient (Wildman–Crippen LogP) is 4.18. The zero-order valence-corrected chi connectivity index (χ0v) is 15.1. The van der Waals surface area contributed by atoms with Crippen molar-refractivity contribution in [2.75, 3.05) is 26.0 Å². The maximum atomic E-state index is 12.1. The van der Waals surface area contributed by atoms with Crippen molar-refractivity contribution in [3.63, 3.8) is 0 Å². The quantitative estimate of drug-likeness (QED) is 0.782. The number of para-hydroxylation sites is 1. The van der Waals surface area contributed by atoms with Crippen molar-refractivity contribution in [1.82, 2.24) is 9.47 Å². The molecule has 0 atom stereocenters. The second-order valence-electron chi connectivity index (χ2n) is 6.90. The number of hydrogen-bond donors (Lipinski definition) is 1. The first-order chi connectivity index (χ1) is 11.4. The molecule has 2 aromatic carbocycles. The Morgan fingerprint density at radius 3 is 2.50 bits per heavy atom. The van der Waals surface area contributed by atoms with E-state index in [0.717, 1.165) is 11.3 Å². The van der Waals surface area contributed by atoms with Crippen LogP contribution in [0.1, 0.15) is 25.5 Å². The van der Waals surface area contributed by atoms with E-state index in [1.807, 2.05) is 25.1 Å². The summed E-state index contributed by atoms with van der Waals surface area (Å²) in [5, 5.41) is 5.51. The number of amides is 1. The molecule has 1 aromatic heterocycles. The summed E-state index contributed by atoms with van der Waals surface area (Å²) < 4.78 is 2.36. The van der Waals surface area contributed by atoms with Crippen LogP contribution in [0.4, 0.5) is 5.69 Å². The molecule has 3 rings (SSSR count). The third-order valence-corrected chi connectivity index (χ3v) is 4.39. The highest BCUT2D eigenvalue weighted by Crippen LogP contribution is 2.36. The first-order valence-corrected chi connectivity index (χ1v) is 8.37. The highest BCUT2D eigenvalue weighted by atomic mass is 16.2. The number of aryl methyl sites for hydroxylation is 1. The van der Waals surface area contributed by atoms with E-state index in [9.17, 15) is 4.79 Å². The van der Waals surface area contributed by atoms with Crippen LogP contribution in [0.5, 0.6) is 0 Å². The van der Waals surface area contributed by atoms with E-state index in [-0.39, 0.29) is 5.91 Å². The van der Waals surface area contributed by atoms with Crippen LogP contribution in [0.2, 0.25) is 0 Å². The van der Waals surface area contributed by atoms with Crippen molar-refractivity contribution in [3.05, 3.63) is 42.0 Å². The molecule has 3 aromatic rings. The number of nitrogens with one attached hydrogen (secondary N) is 1. The molecule has 0 spiro atoms. The van der Waals surface area contributed by atoms with Gasteiger partial charge in [0.1, 0.15) is 0 Å². The minimum absolute atomic E-state index is 0.00930. The van der Waals surface area contributed by atoms with Gasteiger partial charge in [0.15, 0.2) is 0 Å². The largest absolute Gasteiger partial charge is 0.338 e. The van der Waals surface area contributed by atoms with Crippen LogP contribution in [0.25, 0.3) is 21.8 Å². The number of aromatic nitrogens is 1. The fraction of sp³-hybridized carbons (Fsp3) is 0.350. The second-order valence-corrected chi connectivity index (χ2v) is 6.90. The Balaban J connectivity index is 2.19. The van der Waals surface area contributed by atoms with E-state index in [1.54, 1.807) is 0 Å². The molecular weight excluding hydrogens is 298 g/mol. The molecule has 0 bridgehead atoms. The van der Waals surface area contributed by atoms with Crippen LogP contribution in [0.15, 0.2) is 36.4 Å². The maximum Gasteiger partial charge on any atom is 0.238 e. The monoisotopic (exact) mass is 323 g/mol. The van der Waals surface area contributed by atoms with Gasteiger partial charge in [-0.05, 0) is 58.6 Å². The summed E-state index contributed by atoms with van der Waals surface area (Å²) in [5.41, 5.74) is 4.47. The lowest BCUT2D eigenvalue weighted by Crippen LogP contribution is -2.27. The van der Waals surface area contributed by atoms with Crippen LogP contribution in [-0.2, 0) is 4.79 Å². The van der Waals surface area contributed by atoms with E-state index in [1.165, 1.54) is 21.8 Å². The maximum absolute atomic E-state index is 12.1. The molecular formula is C20H25N3O. The van der Waals surface area contributed by atoms with Crippen LogP contribution < -0.4 is 5.32 Å². The molecule has 0 aliphatic rings. The molecule has 24 heavy (non-hydrogen) atoms. The predicted molar refractivity (Wildman–Crippen MR) is 102 cm³/mol. The first kappa shape index (κ1) is 16.5. The van der Waals surface area contributed by atoms with Crippen molar-refractivity contribution >= 4 is 33.4 Å². The van der Waals surface area contributed by atoms with Gasteiger partial charge in [0.2, 0.25) is 5.91 Å². The van der Waals surface area contributed by atoms with Gasteiger partial charge in [-0.3, -0.25) is 4.79 Å². The number of carbonyl (C=O) groups excluding carboxylic acids is 1. The zero-order chi connectivity index (χ0) is 17.4. The molecule has 0 saturated carbocycles. The summed E-state index contributed by atoms with van der Waals surface area (Å²) in [7, 11) is 3.79. The summed E-state index contributed by atoms with van der Waals surface area (Å²) in [4.78, 5) is 14.0. The molecule has 0 saturated heterocycles. The van der Waals surface area contributed by atoms with Crippen LogP contribution in [-0.4, -0.2) is 36.0 Å². The molecule has 0 aliphatic heterocycles. The molecule has 4 nitrogen and oxygen atoms in total. The van der Waals surface area contributed by atoms with Crippen LogP contribution in [0, 0.1) is 6.92 Å². The highest BCUT2D eigenvalue weighted by molar-refractivity contribution is 6.12. The van der Waals surface area contributed by atoms with Gasteiger partial charge < -0.3 is 14.8 Å². The van der Waals surface area contributed by atoms with Crippen molar-refractivity contribution in [3.8, 4) is 0 Å². The smallest absolute Gasteiger partial charge is 0.238 e. The fourth-order valence-electron chi connectivity index (χ4n) is 3.43. The van der Waals surface area contributed by atoms with E-state index in [0.29, 0.717) is 12.6 Å². The number of hydrogen-bond acceptors (Lipinski definition) is 2. The summed E-state index contributed by atoms with van der Waals surface area (Å²) in [6, 6.07) is 13.0. The third-order valence-electron chi connectivity index (χ3n) is 4.39. The lowest BCUT2D eigenvalue weighted by Gasteiger charge is -2.14. The Kier molecular flexibility index (Phi) is 4.33. The molecule has 1 heterocycles. The fourth-order valence-corrected chi connectivity index (χ4v) is 3.43. The van der Waals surface area contributed by atoms with Gasteiger partial charge in [-0.1, -0.05) is 18.2 Å². The normalized spacial score (nSPS) is 11.8. The number of anilines is 1. The Hall–Kier alpha value is -2.33. The zero-order valence-electron chi connectivity index (χ0n) is 15.1. The molecule has 0 fully saturated rings. The highest BCUT2D eigenvalue weighted by Gasteiger charge is 2.16. The molecule has 0 radical (unpaired) electrons. The van der Waals surface area contributed by atoms with Gasteiger partial charge in [-0.25, -0.2) is 0 Å². The second kappa shape index (κ2) is 6.29. The number of benzene rings is 2. The Morgan fingerprint density at radius 2 is 1.83 bits per heavy atom. The number of likely N-dealkylation sites (N-methyl/N-ethyl adjacent to an activating group) is 1. The Labute approximate surface area is 143 Å². The number of carbonyl (C=O) groups is 1. The van der Waals surface area contributed by atoms with E-state index >= 15 is 0 Å². The van der Waals surface area contributed by atoms with Crippen LogP contribution >= 0.6 is 0 Å². The Morgan fingerprint density at radius 1 is 1.12 bits per heavy atom. The summed E-state index contributed by atoms with van der Waals surface area (Å²) in [5.74, 6) is 0.00930. The first-order valence-electron chi connectivity index (χ1n) is 8.37. The summed E-state index contributed by atoms with van der Waals surface area (Å²) in [6.45, 7) is 6.87. The van der Waals surface area contributed by atoms with Gasteiger partial charge in [-0.2, -0.15) is 0 Å². The van der Waals surface area contributed by atoms with Gasteiger partial charge in [0, 0.05) is 33.5 Å². The van der Waals surface area contributed by atoms with Gasteiger partial charge in [0.25, 0.3) is 0 Å².